The summed E-state index contributed by atoms with van der Waals surface area (Å²) in [5.74, 6) is 5.72. The SMILES string of the molecule is C=CCNC1C(Cl)=NC([N+](=O)[O-])=C(NCCCCC)N1N. The summed E-state index contributed by atoms with van der Waals surface area (Å²) < 4.78 is 0. The first-order valence-electron chi connectivity index (χ1n) is 6.77. The zero-order valence-electron chi connectivity index (χ0n) is 12.0. The van der Waals surface area contributed by atoms with Crippen molar-refractivity contribution in [3.05, 3.63) is 34.4 Å². The second-order valence-electron chi connectivity index (χ2n) is 4.50. The maximum Gasteiger partial charge on any atom is 0.407 e. The average molecular weight is 317 g/mol. The molecule has 0 saturated heterocycles. The third-order valence-corrected chi connectivity index (χ3v) is 3.18. The summed E-state index contributed by atoms with van der Waals surface area (Å²) in [4.78, 5) is 14.3. The van der Waals surface area contributed by atoms with Gasteiger partial charge in [0.1, 0.15) is 0 Å². The lowest BCUT2D eigenvalue weighted by molar-refractivity contribution is -0.429. The van der Waals surface area contributed by atoms with E-state index in [1.807, 2.05) is 0 Å². The molecule has 0 fully saturated rings. The molecule has 0 bridgehead atoms. The zero-order chi connectivity index (χ0) is 15.8. The molecule has 1 unspecified atom stereocenters. The monoisotopic (exact) mass is 316 g/mol. The quantitative estimate of drug-likeness (QED) is 0.193. The van der Waals surface area contributed by atoms with Crippen LogP contribution in [0.1, 0.15) is 26.2 Å². The van der Waals surface area contributed by atoms with Crippen LogP contribution < -0.4 is 16.5 Å². The molecule has 0 aliphatic carbocycles. The molecule has 1 aliphatic rings. The van der Waals surface area contributed by atoms with Crippen molar-refractivity contribution in [3.63, 3.8) is 0 Å². The molecule has 0 aromatic rings. The highest BCUT2D eigenvalue weighted by atomic mass is 35.5. The Kier molecular flexibility index (Phi) is 7.13. The predicted molar refractivity (Wildman–Crippen MR) is 82.9 cm³/mol. The summed E-state index contributed by atoms with van der Waals surface area (Å²) in [5, 5.41) is 18.3. The summed E-state index contributed by atoms with van der Waals surface area (Å²) in [6.45, 7) is 6.69. The molecule has 1 rings (SSSR count). The van der Waals surface area contributed by atoms with E-state index in [4.69, 9.17) is 17.4 Å². The number of nitrogens with two attached hydrogens (primary N) is 1. The van der Waals surface area contributed by atoms with Crippen molar-refractivity contribution >= 4 is 16.8 Å². The Morgan fingerprint density at radius 3 is 2.90 bits per heavy atom. The molecule has 0 aromatic heterocycles. The van der Waals surface area contributed by atoms with Gasteiger partial charge in [-0.1, -0.05) is 25.8 Å². The van der Waals surface area contributed by atoms with E-state index >= 15 is 0 Å². The molecule has 118 valence electrons. The topological polar surface area (TPSA) is 109 Å². The van der Waals surface area contributed by atoms with Gasteiger partial charge in [0.2, 0.25) is 5.82 Å². The van der Waals surface area contributed by atoms with E-state index in [9.17, 15) is 10.1 Å². The molecule has 0 spiro atoms. The first-order valence-corrected chi connectivity index (χ1v) is 7.15. The third kappa shape index (κ3) is 4.69. The van der Waals surface area contributed by atoms with Crippen LogP contribution in [0.2, 0.25) is 0 Å². The maximum atomic E-state index is 11.1. The Hall–Kier alpha value is -1.64. The molecular formula is C12H21ClN6O2. The smallest absolute Gasteiger partial charge is 0.364 e. The highest BCUT2D eigenvalue weighted by Gasteiger charge is 2.36. The van der Waals surface area contributed by atoms with Crippen LogP contribution in [-0.4, -0.2) is 34.4 Å². The molecule has 0 saturated carbocycles. The Labute approximate surface area is 128 Å². The van der Waals surface area contributed by atoms with Crippen LogP contribution in [0, 0.1) is 10.1 Å². The van der Waals surface area contributed by atoms with E-state index in [1.165, 1.54) is 5.01 Å². The molecule has 9 heteroatoms. The molecule has 8 nitrogen and oxygen atoms in total. The number of rotatable bonds is 9. The standard InChI is InChI=1S/C12H21ClN6O2/c1-3-5-6-8-16-11-12(19(20)21)17-9(13)10(18(11)14)15-7-4-2/h4,10,15-16H,2-3,5-8,14H2,1H3. The van der Waals surface area contributed by atoms with Crippen molar-refractivity contribution in [2.24, 2.45) is 10.8 Å². The molecule has 0 amide bonds. The van der Waals surface area contributed by atoms with Crippen LogP contribution >= 0.6 is 11.6 Å². The number of unbranched alkanes of at least 4 members (excludes halogenated alkanes) is 2. The van der Waals surface area contributed by atoms with Gasteiger partial charge >= 0.3 is 5.82 Å². The van der Waals surface area contributed by atoms with Crippen LogP contribution in [0.3, 0.4) is 0 Å². The minimum absolute atomic E-state index is 0.0187. The van der Waals surface area contributed by atoms with Crippen LogP contribution in [0.15, 0.2) is 29.3 Å². The lowest BCUT2D eigenvalue weighted by atomic mass is 10.2. The minimum Gasteiger partial charge on any atom is -0.364 e. The van der Waals surface area contributed by atoms with Crippen molar-refractivity contribution < 1.29 is 4.92 Å². The van der Waals surface area contributed by atoms with Gasteiger partial charge in [-0.2, -0.15) is 0 Å². The average Bonchev–Trinajstić information content (AvgIpc) is 2.44. The zero-order valence-corrected chi connectivity index (χ0v) is 12.8. The van der Waals surface area contributed by atoms with Crippen LogP contribution in [0.5, 0.6) is 0 Å². The Balaban J connectivity index is 2.90. The summed E-state index contributed by atoms with van der Waals surface area (Å²) in [7, 11) is 0. The van der Waals surface area contributed by atoms with Crippen molar-refractivity contribution in [1.82, 2.24) is 15.6 Å². The van der Waals surface area contributed by atoms with E-state index in [-0.39, 0.29) is 16.8 Å². The number of hydrazine groups is 1. The highest BCUT2D eigenvalue weighted by Crippen LogP contribution is 2.18. The van der Waals surface area contributed by atoms with Crippen molar-refractivity contribution in [2.45, 2.75) is 32.4 Å². The second kappa shape index (κ2) is 8.60. The molecule has 4 N–H and O–H groups in total. The summed E-state index contributed by atoms with van der Waals surface area (Å²) in [6.07, 6.45) is 3.99. The van der Waals surface area contributed by atoms with Crippen LogP contribution in [0.4, 0.5) is 0 Å². The Morgan fingerprint density at radius 1 is 1.62 bits per heavy atom. The number of nitrogens with one attached hydrogen (secondary N) is 2. The summed E-state index contributed by atoms with van der Waals surface area (Å²) in [6, 6.07) is 0. The third-order valence-electron chi connectivity index (χ3n) is 2.89. The van der Waals surface area contributed by atoms with Gasteiger partial charge in [-0.3, -0.25) is 10.3 Å². The van der Waals surface area contributed by atoms with E-state index in [0.29, 0.717) is 13.1 Å². The minimum atomic E-state index is -0.623. The molecule has 0 radical (unpaired) electrons. The van der Waals surface area contributed by atoms with Gasteiger partial charge in [0.15, 0.2) is 6.17 Å². The largest absolute Gasteiger partial charge is 0.407 e. The van der Waals surface area contributed by atoms with Gasteiger partial charge in [0, 0.05) is 13.1 Å². The van der Waals surface area contributed by atoms with E-state index < -0.39 is 11.1 Å². The lowest BCUT2D eigenvalue weighted by Gasteiger charge is -2.30. The summed E-state index contributed by atoms with van der Waals surface area (Å²) >= 11 is 5.97. The fourth-order valence-corrected chi connectivity index (χ4v) is 2.09. The number of halogens is 1. The number of nitro groups is 1. The van der Waals surface area contributed by atoms with Gasteiger partial charge in [-0.05, 0) is 27.9 Å². The van der Waals surface area contributed by atoms with Gasteiger partial charge in [-0.15, -0.1) is 6.58 Å². The fourth-order valence-electron chi connectivity index (χ4n) is 1.83. The number of hydrogen-bond donors (Lipinski definition) is 3. The predicted octanol–water partition coefficient (Wildman–Crippen LogP) is 1.10. The van der Waals surface area contributed by atoms with Crippen molar-refractivity contribution in [1.29, 1.82) is 0 Å². The van der Waals surface area contributed by atoms with E-state index in [1.54, 1.807) is 6.08 Å². The van der Waals surface area contributed by atoms with Crippen molar-refractivity contribution in [3.8, 4) is 0 Å². The van der Waals surface area contributed by atoms with Gasteiger partial charge in [0.05, 0.1) is 0 Å². The molecule has 1 atom stereocenters. The summed E-state index contributed by atoms with van der Waals surface area (Å²) in [5.41, 5.74) is 0. The first-order chi connectivity index (χ1) is 10.0. The number of nitrogens with zero attached hydrogens (tertiary/aromatic N) is 3. The molecule has 0 aromatic carbocycles. The van der Waals surface area contributed by atoms with Gasteiger partial charge in [-0.25, -0.2) is 5.84 Å². The Bertz CT molecular complexity index is 451. The highest BCUT2D eigenvalue weighted by molar-refractivity contribution is 6.66. The normalized spacial score (nSPS) is 18.5. The maximum absolute atomic E-state index is 11.1. The molecule has 21 heavy (non-hydrogen) atoms. The van der Waals surface area contributed by atoms with Crippen LogP contribution in [-0.2, 0) is 0 Å². The van der Waals surface area contributed by atoms with E-state index in [2.05, 4.69) is 29.1 Å². The molecule has 1 aliphatic heterocycles. The Morgan fingerprint density at radius 2 is 2.33 bits per heavy atom. The van der Waals surface area contributed by atoms with Crippen molar-refractivity contribution in [2.75, 3.05) is 13.1 Å². The fraction of sp³-hybridized carbons (Fsp3) is 0.583. The second-order valence-corrected chi connectivity index (χ2v) is 4.89. The first kappa shape index (κ1) is 17.4. The lowest BCUT2D eigenvalue weighted by Crippen LogP contribution is -2.57. The van der Waals surface area contributed by atoms with E-state index in [0.717, 1.165) is 19.3 Å². The van der Waals surface area contributed by atoms with Gasteiger partial charge < -0.3 is 15.4 Å². The number of aliphatic imine (C=N–C) groups is 1. The number of hydrogen-bond acceptors (Lipinski definition) is 7. The van der Waals surface area contributed by atoms with Crippen LogP contribution in [0.25, 0.3) is 0 Å². The molecular weight excluding hydrogens is 296 g/mol. The van der Waals surface area contributed by atoms with Gasteiger partial charge in [0.25, 0.3) is 5.17 Å². The molecule has 1 heterocycles.